The zero-order chi connectivity index (χ0) is 5.21. The van der Waals surface area contributed by atoms with Crippen LogP contribution in [0.2, 0.25) is 0 Å². The Kier molecular flexibility index (Phi) is 15.0. The monoisotopic (exact) mass is 161 g/mol. The van der Waals surface area contributed by atoms with E-state index in [2.05, 4.69) is 4.52 Å². The van der Waals surface area contributed by atoms with Crippen LogP contribution in [0.25, 0.3) is 0 Å². The second kappa shape index (κ2) is 7.22. The van der Waals surface area contributed by atoms with Gasteiger partial charge >= 0.3 is 68.4 Å². The van der Waals surface area contributed by atoms with E-state index in [-0.39, 0.29) is 60.5 Å². The van der Waals surface area contributed by atoms with Crippen LogP contribution in [0.4, 0.5) is 0 Å². The number of phosphoric acid groups is 1. The Balaban J connectivity index is -0.0000000417. The molecule has 42 valence electrons. The number of rotatable bonds is 1. The first-order valence-corrected chi connectivity index (χ1v) is 2.70. The van der Waals surface area contributed by atoms with Crippen molar-refractivity contribution >= 4 is 66.9 Å². The third-order valence-electron chi connectivity index (χ3n) is 0.238. The Labute approximate surface area is 93.3 Å². The van der Waals surface area contributed by atoms with Crippen molar-refractivity contribution in [3.63, 3.8) is 0 Å². The van der Waals surface area contributed by atoms with Crippen LogP contribution in [-0.2, 0) is 9.09 Å². The van der Waals surface area contributed by atoms with E-state index in [4.69, 9.17) is 9.79 Å². The molecule has 0 aliphatic carbocycles. The third kappa shape index (κ3) is 15.7. The average Bonchev–Trinajstić information content (AvgIpc) is 1.35. The molecule has 0 amide bonds. The van der Waals surface area contributed by atoms with Gasteiger partial charge in [0.05, 0.1) is 0 Å². The standard InChI is InChI=1S/CH5O4P.2Na.2H/c1-5-6(2,3)4;;;;/h1H3,(H2,2,3,4);;;;/p+1. The summed E-state index contributed by atoms with van der Waals surface area (Å²) in [5.74, 6) is 0. The van der Waals surface area contributed by atoms with E-state index in [0.717, 1.165) is 7.11 Å². The van der Waals surface area contributed by atoms with Crippen molar-refractivity contribution in [1.29, 1.82) is 0 Å². The summed E-state index contributed by atoms with van der Waals surface area (Å²) in [6.45, 7) is 0. The summed E-state index contributed by atoms with van der Waals surface area (Å²) >= 11 is 0. The van der Waals surface area contributed by atoms with Gasteiger partial charge in [-0.2, -0.15) is 0 Å². The van der Waals surface area contributed by atoms with Gasteiger partial charge in [-0.3, -0.25) is 4.52 Å². The minimum absolute atomic E-state index is 0. The molecule has 0 radical (unpaired) electrons. The van der Waals surface area contributed by atoms with Crippen LogP contribution in [0.15, 0.2) is 0 Å². The molecule has 0 unspecified atom stereocenters. The van der Waals surface area contributed by atoms with Crippen LogP contribution < -0.4 is 0 Å². The van der Waals surface area contributed by atoms with Crippen LogP contribution in [0.3, 0.4) is 0 Å². The molecule has 0 spiro atoms. The van der Waals surface area contributed by atoms with Crippen molar-refractivity contribution in [3.8, 4) is 0 Å². The number of hydrogen-bond donors (Lipinski definition) is 2. The summed E-state index contributed by atoms with van der Waals surface area (Å²) in [4.78, 5) is 15.4. The van der Waals surface area contributed by atoms with Crippen LogP contribution >= 0.6 is 7.82 Å². The first-order valence-electron chi connectivity index (χ1n) is 1.17. The first-order chi connectivity index (χ1) is 2.56. The van der Waals surface area contributed by atoms with Crippen molar-refractivity contribution < 1.29 is 20.3 Å². The number of hydrogen-bond acceptors (Lipinski definition) is 2. The number of phosphoric ester groups is 1. The van der Waals surface area contributed by atoms with Gasteiger partial charge in [0.2, 0.25) is 0 Å². The maximum atomic E-state index is 9.47. The molecule has 7 heteroatoms. The summed E-state index contributed by atoms with van der Waals surface area (Å²) in [7, 11) is -3.20. The van der Waals surface area contributed by atoms with E-state index in [9.17, 15) is 4.57 Å². The summed E-state index contributed by atoms with van der Waals surface area (Å²) in [6.07, 6.45) is 0. The summed E-state index contributed by atoms with van der Waals surface area (Å²) < 4.78 is 13.1. The molecule has 2 N–H and O–H groups in total. The van der Waals surface area contributed by atoms with Gasteiger partial charge < -0.3 is 9.79 Å². The molecule has 0 aliphatic heterocycles. The summed E-state index contributed by atoms with van der Waals surface area (Å²) in [5, 5.41) is 0. The van der Waals surface area contributed by atoms with Gasteiger partial charge in [-0.25, -0.2) is 4.57 Å². The van der Waals surface area contributed by atoms with Crippen molar-refractivity contribution in [3.05, 3.63) is 0 Å². The Morgan fingerprint density at radius 3 is 1.62 bits per heavy atom. The Hall–Kier alpha value is 2.11. The zero-order valence-electron chi connectivity index (χ0n) is 4.16. The fourth-order valence-corrected chi connectivity index (χ4v) is 0. The van der Waals surface area contributed by atoms with Gasteiger partial charge in [0.1, 0.15) is 0 Å². The fraction of sp³-hybridized carbons (Fsp3) is 1.00. The molecule has 0 aromatic rings. The molecule has 0 fully saturated rings. The molecule has 0 aromatic heterocycles. The average molecular weight is 161 g/mol. The molecular formula is CH8Na2O4P+. The van der Waals surface area contributed by atoms with E-state index < -0.39 is 7.82 Å². The van der Waals surface area contributed by atoms with Gasteiger partial charge in [-0.15, -0.1) is 0 Å². The SMILES string of the molecule is COP(=O)(O)O.[H+].[NaH].[NaH]. The minimum atomic E-state index is -4.15. The topological polar surface area (TPSA) is 66.8 Å². The van der Waals surface area contributed by atoms with E-state index in [1.165, 1.54) is 0 Å². The Morgan fingerprint density at radius 2 is 1.62 bits per heavy atom. The normalized spacial score (nSPS) is 8.88. The second-order valence-electron chi connectivity index (χ2n) is 0.673. The molecule has 0 aliphatic rings. The van der Waals surface area contributed by atoms with E-state index >= 15 is 0 Å². The second-order valence-corrected chi connectivity index (χ2v) is 2.02. The van der Waals surface area contributed by atoms with Crippen molar-refractivity contribution in [2.45, 2.75) is 0 Å². The van der Waals surface area contributed by atoms with Crippen molar-refractivity contribution in [1.82, 2.24) is 0 Å². The predicted octanol–water partition coefficient (Wildman–Crippen LogP) is -1.46. The van der Waals surface area contributed by atoms with Gasteiger partial charge in [0.25, 0.3) is 0 Å². The zero-order valence-corrected chi connectivity index (χ0v) is 4.05. The molecule has 0 bridgehead atoms. The van der Waals surface area contributed by atoms with Crippen molar-refractivity contribution in [2.24, 2.45) is 0 Å². The summed E-state index contributed by atoms with van der Waals surface area (Å²) in [6, 6.07) is 0. The molecule has 0 rings (SSSR count). The quantitative estimate of drug-likeness (QED) is 0.364. The van der Waals surface area contributed by atoms with Crippen LogP contribution in [-0.4, -0.2) is 76.0 Å². The van der Waals surface area contributed by atoms with Gasteiger partial charge in [-0.1, -0.05) is 0 Å². The fourth-order valence-electron chi connectivity index (χ4n) is 0. The molecule has 8 heavy (non-hydrogen) atoms. The molecular weight excluding hydrogens is 153 g/mol. The maximum absolute atomic E-state index is 9.47. The first kappa shape index (κ1) is 16.6. The molecule has 0 saturated heterocycles. The predicted molar refractivity (Wildman–Crippen MR) is 34.5 cm³/mol. The summed E-state index contributed by atoms with van der Waals surface area (Å²) in [5.41, 5.74) is 0. The van der Waals surface area contributed by atoms with E-state index in [1.807, 2.05) is 0 Å². The molecule has 0 heterocycles. The van der Waals surface area contributed by atoms with Gasteiger partial charge in [0, 0.05) is 7.11 Å². The van der Waals surface area contributed by atoms with E-state index in [0.29, 0.717) is 0 Å². The molecule has 0 saturated carbocycles. The van der Waals surface area contributed by atoms with Crippen LogP contribution in [0, 0.1) is 0 Å². The molecule has 4 nitrogen and oxygen atoms in total. The van der Waals surface area contributed by atoms with Gasteiger partial charge in [0.15, 0.2) is 0 Å². The third-order valence-corrected chi connectivity index (χ3v) is 0.714. The van der Waals surface area contributed by atoms with E-state index in [1.54, 1.807) is 0 Å². The van der Waals surface area contributed by atoms with Crippen LogP contribution in [0.1, 0.15) is 1.43 Å². The van der Waals surface area contributed by atoms with Crippen molar-refractivity contribution in [2.75, 3.05) is 7.11 Å². The van der Waals surface area contributed by atoms with Gasteiger partial charge in [-0.05, 0) is 0 Å². The molecule has 0 atom stereocenters. The Morgan fingerprint density at radius 1 is 1.50 bits per heavy atom. The Bertz CT molecular complexity index is 82.6. The molecule has 0 aromatic carbocycles. The van der Waals surface area contributed by atoms with Crippen LogP contribution in [0.5, 0.6) is 0 Å².